The molecule has 0 radical (unpaired) electrons. The molecule has 0 aromatic heterocycles. The molecule has 0 aliphatic carbocycles. The van der Waals surface area contributed by atoms with Crippen molar-refractivity contribution in [2.75, 3.05) is 19.6 Å². The van der Waals surface area contributed by atoms with Crippen LogP contribution in [0.15, 0.2) is 54.6 Å². The Hall–Kier alpha value is -2.20. The third-order valence-corrected chi connectivity index (χ3v) is 4.73. The normalized spacial score (nSPS) is 18.0. The fraction of sp³-hybridized carbons (Fsp3) is 0.381. The summed E-state index contributed by atoms with van der Waals surface area (Å²) in [4.78, 5) is 14.7. The minimum atomic E-state index is -0.321. The molecule has 1 saturated heterocycles. The second-order valence-corrected chi connectivity index (χ2v) is 6.71. The maximum absolute atomic E-state index is 13.0. The summed E-state index contributed by atoms with van der Waals surface area (Å²) < 4.78 is 13.0. The van der Waals surface area contributed by atoms with Crippen LogP contribution in [0.1, 0.15) is 35.2 Å². The van der Waals surface area contributed by atoms with Crippen molar-refractivity contribution in [3.8, 4) is 0 Å². The Balaban J connectivity index is 1.44. The van der Waals surface area contributed by atoms with E-state index in [4.69, 9.17) is 0 Å². The van der Waals surface area contributed by atoms with Gasteiger partial charge >= 0.3 is 0 Å². The van der Waals surface area contributed by atoms with Crippen LogP contribution in [0.25, 0.3) is 0 Å². The molecular weight excluding hydrogens is 315 g/mol. The number of carbonyl (C=O) groups excluding carboxylic acids is 1. The topological polar surface area (TPSA) is 32.3 Å². The lowest BCUT2D eigenvalue weighted by molar-refractivity contribution is 0.0903. The van der Waals surface area contributed by atoms with Crippen molar-refractivity contribution in [1.82, 2.24) is 10.2 Å². The molecule has 132 valence electrons. The zero-order valence-electron chi connectivity index (χ0n) is 14.5. The minimum absolute atomic E-state index is 0.115. The highest BCUT2D eigenvalue weighted by atomic mass is 19.1. The number of nitrogens with zero attached hydrogens (tertiary/aromatic N) is 1. The summed E-state index contributed by atoms with van der Waals surface area (Å²) >= 11 is 0. The van der Waals surface area contributed by atoms with Crippen molar-refractivity contribution < 1.29 is 9.18 Å². The quantitative estimate of drug-likeness (QED) is 0.870. The summed E-state index contributed by atoms with van der Waals surface area (Å²) in [5, 5.41) is 3.09. The molecule has 0 bridgehead atoms. The largest absolute Gasteiger partial charge is 0.348 e. The molecule has 2 aromatic carbocycles. The average Bonchev–Trinajstić information content (AvgIpc) is 2.63. The molecule has 0 saturated carbocycles. The number of benzene rings is 2. The number of carbonyl (C=O) groups is 1. The van der Waals surface area contributed by atoms with Crippen molar-refractivity contribution in [3.05, 3.63) is 71.5 Å². The standard InChI is InChI=1S/C21H25FN2O/c22-19-12-10-18(11-13-19)21(25)23-20-9-5-15-24(16-20)14-4-8-17-6-2-1-3-7-17/h1-3,6-7,10-13,20H,4-5,8-9,14-16H2,(H,23,25)/t20-/m0/s1. The highest BCUT2D eigenvalue weighted by Gasteiger charge is 2.21. The molecule has 1 N–H and O–H groups in total. The molecule has 0 spiro atoms. The number of hydrogen-bond acceptors (Lipinski definition) is 2. The predicted molar refractivity (Wildman–Crippen MR) is 98.1 cm³/mol. The van der Waals surface area contributed by atoms with E-state index in [9.17, 15) is 9.18 Å². The van der Waals surface area contributed by atoms with E-state index in [0.29, 0.717) is 5.56 Å². The van der Waals surface area contributed by atoms with E-state index in [2.05, 4.69) is 34.5 Å². The fourth-order valence-corrected chi connectivity index (χ4v) is 3.40. The predicted octanol–water partition coefficient (Wildman–Crippen LogP) is 3.65. The van der Waals surface area contributed by atoms with E-state index < -0.39 is 0 Å². The van der Waals surface area contributed by atoms with E-state index in [1.807, 2.05) is 6.07 Å². The molecule has 3 nitrogen and oxygen atoms in total. The van der Waals surface area contributed by atoms with Crippen molar-refractivity contribution in [2.24, 2.45) is 0 Å². The molecule has 4 heteroatoms. The van der Waals surface area contributed by atoms with Gasteiger partial charge in [-0.15, -0.1) is 0 Å². The van der Waals surface area contributed by atoms with Gasteiger partial charge in [0.2, 0.25) is 0 Å². The first-order chi connectivity index (χ1) is 12.2. The number of halogens is 1. The average molecular weight is 340 g/mol. The smallest absolute Gasteiger partial charge is 0.251 e. The Morgan fingerprint density at radius 3 is 2.64 bits per heavy atom. The summed E-state index contributed by atoms with van der Waals surface area (Å²) in [6.45, 7) is 3.04. The van der Waals surface area contributed by atoms with Gasteiger partial charge in [-0.2, -0.15) is 0 Å². The van der Waals surface area contributed by atoms with Crippen molar-refractivity contribution in [1.29, 1.82) is 0 Å². The van der Waals surface area contributed by atoms with Crippen LogP contribution in [0.4, 0.5) is 4.39 Å². The monoisotopic (exact) mass is 340 g/mol. The zero-order chi connectivity index (χ0) is 17.5. The molecule has 3 rings (SSSR count). The third kappa shape index (κ3) is 5.40. The fourth-order valence-electron chi connectivity index (χ4n) is 3.40. The number of amides is 1. The van der Waals surface area contributed by atoms with Gasteiger partial charge in [-0.1, -0.05) is 30.3 Å². The summed E-state index contributed by atoms with van der Waals surface area (Å²) in [6, 6.07) is 16.4. The molecule has 0 unspecified atom stereocenters. The third-order valence-electron chi connectivity index (χ3n) is 4.73. The Bertz CT molecular complexity index is 672. The summed E-state index contributed by atoms with van der Waals surface area (Å²) in [5.41, 5.74) is 1.89. The molecule has 1 fully saturated rings. The zero-order valence-corrected chi connectivity index (χ0v) is 14.5. The SMILES string of the molecule is O=C(N[C@H]1CCCN(CCCc2ccccc2)C1)c1ccc(F)cc1. The van der Waals surface area contributed by atoms with Gasteiger partial charge in [0.25, 0.3) is 5.91 Å². The minimum Gasteiger partial charge on any atom is -0.348 e. The molecule has 1 aliphatic heterocycles. The Kier molecular flexibility index (Phi) is 6.18. The van der Waals surface area contributed by atoms with Gasteiger partial charge in [-0.25, -0.2) is 4.39 Å². The van der Waals surface area contributed by atoms with E-state index in [1.54, 1.807) is 0 Å². The van der Waals surface area contributed by atoms with Crippen LogP contribution in [0.5, 0.6) is 0 Å². The van der Waals surface area contributed by atoms with Crippen LogP contribution in [0.3, 0.4) is 0 Å². The first-order valence-electron chi connectivity index (χ1n) is 9.03. The van der Waals surface area contributed by atoms with Crippen LogP contribution in [0, 0.1) is 5.82 Å². The van der Waals surface area contributed by atoms with Crippen molar-refractivity contribution in [3.63, 3.8) is 0 Å². The van der Waals surface area contributed by atoms with Crippen molar-refractivity contribution >= 4 is 5.91 Å². The second kappa shape index (κ2) is 8.77. The first kappa shape index (κ1) is 17.6. The molecule has 1 atom stereocenters. The summed E-state index contributed by atoms with van der Waals surface area (Å²) in [5.74, 6) is -0.435. The molecule has 1 heterocycles. The van der Waals surface area contributed by atoms with Crippen LogP contribution >= 0.6 is 0 Å². The number of nitrogens with one attached hydrogen (secondary N) is 1. The first-order valence-corrected chi connectivity index (χ1v) is 9.03. The maximum atomic E-state index is 13.0. The molecule has 1 amide bonds. The lowest BCUT2D eigenvalue weighted by atomic mass is 10.0. The number of hydrogen-bond donors (Lipinski definition) is 1. The lowest BCUT2D eigenvalue weighted by Gasteiger charge is -2.33. The number of piperidine rings is 1. The number of aryl methyl sites for hydroxylation is 1. The van der Waals surface area contributed by atoms with Crippen molar-refractivity contribution in [2.45, 2.75) is 31.7 Å². The number of likely N-dealkylation sites (tertiary alicyclic amines) is 1. The van der Waals surface area contributed by atoms with Gasteiger partial charge in [-0.3, -0.25) is 4.79 Å². The van der Waals surface area contributed by atoms with E-state index in [1.165, 1.54) is 29.8 Å². The molecule has 1 aliphatic rings. The molecular formula is C21H25FN2O. The highest BCUT2D eigenvalue weighted by molar-refractivity contribution is 5.94. The Labute approximate surface area is 148 Å². The van der Waals surface area contributed by atoms with Crippen LogP contribution in [0.2, 0.25) is 0 Å². The van der Waals surface area contributed by atoms with Gasteiger partial charge in [0.15, 0.2) is 0 Å². The van der Waals surface area contributed by atoms with Crippen LogP contribution in [-0.2, 0) is 6.42 Å². The Morgan fingerprint density at radius 2 is 1.88 bits per heavy atom. The van der Waals surface area contributed by atoms with E-state index in [0.717, 1.165) is 45.3 Å². The molecule has 2 aromatic rings. The highest BCUT2D eigenvalue weighted by Crippen LogP contribution is 2.13. The molecule has 25 heavy (non-hydrogen) atoms. The second-order valence-electron chi connectivity index (χ2n) is 6.71. The lowest BCUT2D eigenvalue weighted by Crippen LogP contribution is -2.47. The van der Waals surface area contributed by atoms with Crippen LogP contribution < -0.4 is 5.32 Å². The van der Waals surface area contributed by atoms with Gasteiger partial charge < -0.3 is 10.2 Å². The maximum Gasteiger partial charge on any atom is 0.251 e. The van der Waals surface area contributed by atoms with Gasteiger partial charge in [0.05, 0.1) is 0 Å². The van der Waals surface area contributed by atoms with Gasteiger partial charge in [0, 0.05) is 18.2 Å². The summed E-state index contributed by atoms with van der Waals surface area (Å²) in [6.07, 6.45) is 4.31. The van der Waals surface area contributed by atoms with Crippen LogP contribution in [-0.4, -0.2) is 36.5 Å². The number of rotatable bonds is 6. The Morgan fingerprint density at radius 1 is 1.12 bits per heavy atom. The van der Waals surface area contributed by atoms with E-state index in [-0.39, 0.29) is 17.8 Å². The van der Waals surface area contributed by atoms with Gasteiger partial charge in [-0.05, 0) is 68.6 Å². The van der Waals surface area contributed by atoms with Gasteiger partial charge in [0.1, 0.15) is 5.82 Å². The summed E-state index contributed by atoms with van der Waals surface area (Å²) in [7, 11) is 0. The van der Waals surface area contributed by atoms with E-state index >= 15 is 0 Å².